The molecule has 0 aliphatic rings. The quantitative estimate of drug-likeness (QED) is 0.622. The number of anilines is 1. The lowest BCUT2D eigenvalue weighted by Gasteiger charge is -2.10. The molecule has 0 spiro atoms. The zero-order valence-corrected chi connectivity index (χ0v) is 16.6. The van der Waals surface area contributed by atoms with Crippen molar-refractivity contribution in [3.63, 3.8) is 0 Å². The van der Waals surface area contributed by atoms with E-state index in [0.717, 1.165) is 16.9 Å². The molecule has 3 aromatic rings. The van der Waals surface area contributed by atoms with E-state index in [1.165, 1.54) is 0 Å². The first-order valence-electron chi connectivity index (χ1n) is 8.72. The Hall–Kier alpha value is -2.90. The minimum Gasteiger partial charge on any atom is -0.383 e. The van der Waals surface area contributed by atoms with Crippen molar-refractivity contribution in [3.05, 3.63) is 58.4 Å². The van der Waals surface area contributed by atoms with Gasteiger partial charge in [0.25, 0.3) is 11.8 Å². The number of carbonyl (C=O) groups is 2. The van der Waals surface area contributed by atoms with Crippen molar-refractivity contribution in [1.82, 2.24) is 14.9 Å². The number of rotatable bonds is 6. The van der Waals surface area contributed by atoms with Crippen molar-refractivity contribution in [2.24, 2.45) is 7.05 Å². The molecule has 8 heteroatoms. The van der Waals surface area contributed by atoms with E-state index in [0.29, 0.717) is 35.0 Å². The summed E-state index contributed by atoms with van der Waals surface area (Å²) in [6, 6.07) is 10.0. The van der Waals surface area contributed by atoms with Gasteiger partial charge in [0.1, 0.15) is 5.82 Å². The SMILES string of the molecule is COCCNC(=O)c1ccc(Cl)c(NC(=O)c2ccc3c(c2)nc(C)n3C)c1. The van der Waals surface area contributed by atoms with Crippen molar-refractivity contribution in [2.75, 3.05) is 25.6 Å². The summed E-state index contributed by atoms with van der Waals surface area (Å²) < 4.78 is 6.87. The Morgan fingerprint density at radius 1 is 1.14 bits per heavy atom. The van der Waals surface area contributed by atoms with E-state index >= 15 is 0 Å². The summed E-state index contributed by atoms with van der Waals surface area (Å²) in [5.41, 5.74) is 2.90. The van der Waals surface area contributed by atoms with Gasteiger partial charge in [-0.1, -0.05) is 11.6 Å². The van der Waals surface area contributed by atoms with Crippen LogP contribution in [-0.2, 0) is 11.8 Å². The van der Waals surface area contributed by atoms with E-state index in [2.05, 4.69) is 15.6 Å². The fourth-order valence-corrected chi connectivity index (χ4v) is 2.95. The van der Waals surface area contributed by atoms with E-state index in [1.807, 2.05) is 24.6 Å². The molecule has 0 radical (unpaired) electrons. The number of fused-ring (bicyclic) bond motifs is 1. The molecule has 28 heavy (non-hydrogen) atoms. The third-order valence-corrected chi connectivity index (χ3v) is 4.76. The summed E-state index contributed by atoms with van der Waals surface area (Å²) >= 11 is 6.20. The average Bonchev–Trinajstić information content (AvgIpc) is 2.97. The molecule has 0 saturated heterocycles. The maximum absolute atomic E-state index is 12.7. The molecule has 146 valence electrons. The predicted molar refractivity (Wildman–Crippen MR) is 109 cm³/mol. The zero-order chi connectivity index (χ0) is 20.3. The average molecular weight is 401 g/mol. The largest absolute Gasteiger partial charge is 0.383 e. The first-order valence-corrected chi connectivity index (χ1v) is 9.09. The van der Waals surface area contributed by atoms with Gasteiger partial charge in [-0.2, -0.15) is 0 Å². The molecule has 0 saturated carbocycles. The highest BCUT2D eigenvalue weighted by atomic mass is 35.5. The summed E-state index contributed by atoms with van der Waals surface area (Å²) in [5.74, 6) is 0.265. The Labute approximate surface area is 167 Å². The van der Waals surface area contributed by atoms with Crippen LogP contribution in [0, 0.1) is 6.92 Å². The molecule has 2 aromatic carbocycles. The topological polar surface area (TPSA) is 85.2 Å². The van der Waals surface area contributed by atoms with Crippen LogP contribution in [0.15, 0.2) is 36.4 Å². The molecule has 1 aromatic heterocycles. The van der Waals surface area contributed by atoms with Gasteiger partial charge in [0.15, 0.2) is 0 Å². The number of ether oxygens (including phenoxy) is 1. The Morgan fingerprint density at radius 2 is 1.86 bits per heavy atom. The van der Waals surface area contributed by atoms with Crippen LogP contribution < -0.4 is 10.6 Å². The molecule has 7 nitrogen and oxygen atoms in total. The minimum atomic E-state index is -0.330. The standard InChI is InChI=1S/C20H21ClN4O3/c1-12-23-17-11-14(5-7-18(17)25(12)2)20(27)24-16-10-13(4-6-15(16)21)19(26)22-8-9-28-3/h4-7,10-11H,8-9H2,1-3H3,(H,22,26)(H,24,27). The minimum absolute atomic E-state index is 0.269. The maximum atomic E-state index is 12.7. The molecular weight excluding hydrogens is 380 g/mol. The van der Waals surface area contributed by atoms with E-state index < -0.39 is 0 Å². The summed E-state index contributed by atoms with van der Waals surface area (Å²) in [5, 5.41) is 5.84. The van der Waals surface area contributed by atoms with E-state index in [1.54, 1.807) is 37.4 Å². The van der Waals surface area contributed by atoms with Crippen molar-refractivity contribution >= 4 is 40.1 Å². The lowest BCUT2D eigenvalue weighted by atomic mass is 10.1. The zero-order valence-electron chi connectivity index (χ0n) is 15.9. The van der Waals surface area contributed by atoms with Crippen LogP contribution in [0.1, 0.15) is 26.5 Å². The van der Waals surface area contributed by atoms with Crippen molar-refractivity contribution in [1.29, 1.82) is 0 Å². The lowest BCUT2D eigenvalue weighted by molar-refractivity contribution is 0.0936. The number of hydrogen-bond acceptors (Lipinski definition) is 4. The fraction of sp³-hybridized carbons (Fsp3) is 0.250. The number of halogens is 1. The van der Waals surface area contributed by atoms with Gasteiger partial charge in [0.05, 0.1) is 28.4 Å². The number of imidazole rings is 1. The highest BCUT2D eigenvalue weighted by Gasteiger charge is 2.14. The number of aromatic nitrogens is 2. The second-order valence-corrected chi connectivity index (χ2v) is 6.73. The monoisotopic (exact) mass is 400 g/mol. The van der Waals surface area contributed by atoms with Crippen LogP contribution in [0.5, 0.6) is 0 Å². The number of hydrogen-bond donors (Lipinski definition) is 2. The van der Waals surface area contributed by atoms with Gasteiger partial charge in [0, 0.05) is 31.8 Å². The molecule has 0 aliphatic carbocycles. The van der Waals surface area contributed by atoms with Crippen LogP contribution >= 0.6 is 11.6 Å². The molecule has 2 N–H and O–H groups in total. The highest BCUT2D eigenvalue weighted by Crippen LogP contribution is 2.24. The number of nitrogens with zero attached hydrogens (tertiary/aromatic N) is 2. The van der Waals surface area contributed by atoms with Gasteiger partial charge in [-0.3, -0.25) is 9.59 Å². The third kappa shape index (κ3) is 4.16. The summed E-state index contributed by atoms with van der Waals surface area (Å²) in [6.45, 7) is 2.71. The van der Waals surface area contributed by atoms with Crippen molar-refractivity contribution in [2.45, 2.75) is 6.92 Å². The van der Waals surface area contributed by atoms with Gasteiger partial charge < -0.3 is 19.9 Å². The van der Waals surface area contributed by atoms with E-state index in [-0.39, 0.29) is 11.8 Å². The van der Waals surface area contributed by atoms with Gasteiger partial charge in [0.2, 0.25) is 0 Å². The third-order valence-electron chi connectivity index (χ3n) is 4.44. The van der Waals surface area contributed by atoms with Crippen LogP contribution in [0.3, 0.4) is 0 Å². The first-order chi connectivity index (χ1) is 13.4. The summed E-state index contributed by atoms with van der Waals surface area (Å²) in [6.07, 6.45) is 0. The van der Waals surface area contributed by atoms with Crippen molar-refractivity contribution < 1.29 is 14.3 Å². The number of carbonyl (C=O) groups excluding carboxylic acids is 2. The molecule has 3 rings (SSSR count). The summed E-state index contributed by atoms with van der Waals surface area (Å²) in [4.78, 5) is 29.3. The normalized spacial score (nSPS) is 10.9. The molecule has 0 aliphatic heterocycles. The second-order valence-electron chi connectivity index (χ2n) is 6.32. The van der Waals surface area contributed by atoms with Crippen LogP contribution in [-0.4, -0.2) is 41.6 Å². The molecule has 1 heterocycles. The number of benzene rings is 2. The van der Waals surface area contributed by atoms with Crippen LogP contribution in [0.4, 0.5) is 5.69 Å². The second kappa shape index (κ2) is 8.41. The predicted octanol–water partition coefficient (Wildman–Crippen LogP) is 3.16. The van der Waals surface area contributed by atoms with Gasteiger partial charge >= 0.3 is 0 Å². The number of amides is 2. The lowest BCUT2D eigenvalue weighted by Crippen LogP contribution is -2.27. The molecule has 0 bridgehead atoms. The molecule has 0 atom stereocenters. The van der Waals surface area contributed by atoms with Gasteiger partial charge in [-0.25, -0.2) is 4.98 Å². The number of methoxy groups -OCH3 is 1. The number of aryl methyl sites for hydroxylation is 2. The molecule has 2 amide bonds. The van der Waals surface area contributed by atoms with Crippen LogP contribution in [0.25, 0.3) is 11.0 Å². The smallest absolute Gasteiger partial charge is 0.255 e. The first kappa shape index (κ1) is 19.9. The van der Waals surface area contributed by atoms with Gasteiger partial charge in [-0.15, -0.1) is 0 Å². The Bertz CT molecular complexity index is 1050. The number of nitrogens with one attached hydrogen (secondary N) is 2. The Balaban J connectivity index is 1.79. The van der Waals surface area contributed by atoms with E-state index in [4.69, 9.17) is 16.3 Å². The van der Waals surface area contributed by atoms with Gasteiger partial charge in [-0.05, 0) is 43.3 Å². The maximum Gasteiger partial charge on any atom is 0.255 e. The van der Waals surface area contributed by atoms with E-state index in [9.17, 15) is 9.59 Å². The Morgan fingerprint density at radius 3 is 2.61 bits per heavy atom. The summed E-state index contributed by atoms with van der Waals surface area (Å²) in [7, 11) is 3.49. The molecule has 0 unspecified atom stereocenters. The molecular formula is C20H21ClN4O3. The Kier molecular flexibility index (Phi) is 5.96. The fourth-order valence-electron chi connectivity index (χ4n) is 2.79. The van der Waals surface area contributed by atoms with Crippen molar-refractivity contribution in [3.8, 4) is 0 Å². The molecule has 0 fully saturated rings. The van der Waals surface area contributed by atoms with Crippen LogP contribution in [0.2, 0.25) is 5.02 Å². The highest BCUT2D eigenvalue weighted by molar-refractivity contribution is 6.34.